The van der Waals surface area contributed by atoms with Crippen LogP contribution in [0.15, 0.2) is 0 Å². The maximum Gasteiger partial charge on any atom is 0.00924 e. The highest BCUT2D eigenvalue weighted by atomic mass is 15.1. The van der Waals surface area contributed by atoms with Gasteiger partial charge in [-0.05, 0) is 45.2 Å². The van der Waals surface area contributed by atoms with Gasteiger partial charge in [-0.2, -0.15) is 0 Å². The first-order valence-corrected chi connectivity index (χ1v) is 8.61. The summed E-state index contributed by atoms with van der Waals surface area (Å²) in [6.07, 6.45) is 15.9. The number of hydrogen-bond acceptors (Lipinski definition) is 2. The highest BCUT2D eigenvalue weighted by Crippen LogP contribution is 2.36. The van der Waals surface area contributed by atoms with Gasteiger partial charge < -0.3 is 10.2 Å². The van der Waals surface area contributed by atoms with E-state index in [1.165, 1.54) is 83.7 Å². The Balaban J connectivity index is 1.93. The van der Waals surface area contributed by atoms with Crippen LogP contribution in [-0.4, -0.2) is 38.1 Å². The molecule has 0 bridgehead atoms. The predicted molar refractivity (Wildman–Crippen MR) is 83.6 cm³/mol. The first kappa shape index (κ1) is 15.3. The van der Waals surface area contributed by atoms with Crippen LogP contribution in [-0.2, 0) is 0 Å². The lowest BCUT2D eigenvalue weighted by atomic mass is 9.79. The molecular weight excluding hydrogens is 232 g/mol. The van der Waals surface area contributed by atoms with E-state index in [-0.39, 0.29) is 0 Å². The summed E-state index contributed by atoms with van der Waals surface area (Å²) < 4.78 is 0. The van der Waals surface area contributed by atoms with Crippen LogP contribution in [0.25, 0.3) is 0 Å². The Morgan fingerprint density at radius 1 is 0.947 bits per heavy atom. The van der Waals surface area contributed by atoms with Gasteiger partial charge in [-0.1, -0.05) is 44.9 Å². The average Bonchev–Trinajstić information content (AvgIpc) is 2.66. The maximum absolute atomic E-state index is 3.49. The fourth-order valence-electron chi connectivity index (χ4n) is 4.42. The largest absolute Gasteiger partial charge is 0.319 e. The highest BCUT2D eigenvalue weighted by molar-refractivity contribution is 4.88. The molecule has 0 spiro atoms. The Morgan fingerprint density at radius 2 is 1.53 bits per heavy atom. The second-order valence-corrected chi connectivity index (χ2v) is 7.15. The van der Waals surface area contributed by atoms with Gasteiger partial charge >= 0.3 is 0 Å². The van der Waals surface area contributed by atoms with E-state index in [1.807, 2.05) is 0 Å². The lowest BCUT2D eigenvalue weighted by Crippen LogP contribution is -2.46. The monoisotopic (exact) mass is 266 g/mol. The van der Waals surface area contributed by atoms with Gasteiger partial charge in [0.1, 0.15) is 0 Å². The SMILES string of the molecule is CNCC1(CN(C)C2CCCCC2)CCCCCC1. The molecule has 2 aliphatic rings. The Hall–Kier alpha value is -0.0800. The van der Waals surface area contributed by atoms with Crippen molar-refractivity contribution in [3.05, 3.63) is 0 Å². The zero-order valence-electron chi connectivity index (χ0n) is 13.2. The summed E-state index contributed by atoms with van der Waals surface area (Å²) >= 11 is 0. The molecule has 0 radical (unpaired) electrons. The van der Waals surface area contributed by atoms with Crippen LogP contribution in [0, 0.1) is 5.41 Å². The predicted octanol–water partition coefficient (Wildman–Crippen LogP) is 3.81. The van der Waals surface area contributed by atoms with Crippen molar-refractivity contribution in [2.24, 2.45) is 5.41 Å². The summed E-state index contributed by atoms with van der Waals surface area (Å²) in [4.78, 5) is 2.71. The minimum absolute atomic E-state index is 0.553. The molecule has 0 aromatic heterocycles. The van der Waals surface area contributed by atoms with Gasteiger partial charge in [0.15, 0.2) is 0 Å². The third kappa shape index (κ3) is 4.46. The second kappa shape index (κ2) is 7.64. The fourth-order valence-corrected chi connectivity index (χ4v) is 4.42. The molecule has 0 heterocycles. The zero-order chi connectivity index (χ0) is 13.6. The molecule has 19 heavy (non-hydrogen) atoms. The normalized spacial score (nSPS) is 25.4. The molecule has 0 atom stereocenters. The number of nitrogens with zero attached hydrogens (tertiary/aromatic N) is 1. The van der Waals surface area contributed by atoms with Crippen molar-refractivity contribution < 1.29 is 0 Å². The van der Waals surface area contributed by atoms with Crippen molar-refractivity contribution in [1.82, 2.24) is 10.2 Å². The van der Waals surface area contributed by atoms with Gasteiger partial charge in [-0.3, -0.25) is 0 Å². The molecule has 0 amide bonds. The number of nitrogens with one attached hydrogen (secondary N) is 1. The van der Waals surface area contributed by atoms with Gasteiger partial charge in [0, 0.05) is 19.1 Å². The first-order valence-electron chi connectivity index (χ1n) is 8.61. The van der Waals surface area contributed by atoms with Gasteiger partial charge in [0.05, 0.1) is 0 Å². The lowest BCUT2D eigenvalue weighted by Gasteiger charge is -2.41. The summed E-state index contributed by atoms with van der Waals surface area (Å²) in [7, 11) is 4.52. The van der Waals surface area contributed by atoms with Crippen LogP contribution in [0.1, 0.15) is 70.6 Å². The smallest absolute Gasteiger partial charge is 0.00924 e. The number of hydrogen-bond donors (Lipinski definition) is 1. The van der Waals surface area contributed by atoms with Crippen LogP contribution in [0.2, 0.25) is 0 Å². The van der Waals surface area contributed by atoms with E-state index in [9.17, 15) is 0 Å². The molecule has 0 aromatic rings. The molecular formula is C17H34N2. The van der Waals surface area contributed by atoms with Crippen molar-refractivity contribution in [2.45, 2.75) is 76.7 Å². The van der Waals surface area contributed by atoms with Crippen LogP contribution in [0.3, 0.4) is 0 Å². The number of rotatable bonds is 5. The van der Waals surface area contributed by atoms with Gasteiger partial charge in [0.25, 0.3) is 0 Å². The minimum Gasteiger partial charge on any atom is -0.319 e. The van der Waals surface area contributed by atoms with Crippen molar-refractivity contribution in [1.29, 1.82) is 0 Å². The Labute approximate surface area is 120 Å². The second-order valence-electron chi connectivity index (χ2n) is 7.15. The van der Waals surface area contributed by atoms with Crippen LogP contribution in [0.4, 0.5) is 0 Å². The molecule has 2 rings (SSSR count). The Kier molecular flexibility index (Phi) is 6.15. The summed E-state index contributed by atoms with van der Waals surface area (Å²) in [5.41, 5.74) is 0.553. The van der Waals surface area contributed by atoms with E-state index < -0.39 is 0 Å². The first-order chi connectivity index (χ1) is 9.26. The van der Waals surface area contributed by atoms with Crippen molar-refractivity contribution in [3.8, 4) is 0 Å². The highest BCUT2D eigenvalue weighted by Gasteiger charge is 2.33. The molecule has 0 unspecified atom stereocenters. The van der Waals surface area contributed by atoms with Crippen LogP contribution < -0.4 is 5.32 Å². The van der Waals surface area contributed by atoms with Crippen LogP contribution in [0.5, 0.6) is 0 Å². The minimum atomic E-state index is 0.553. The van der Waals surface area contributed by atoms with Crippen molar-refractivity contribution >= 4 is 0 Å². The third-order valence-electron chi connectivity index (χ3n) is 5.50. The summed E-state index contributed by atoms with van der Waals surface area (Å²) in [6.45, 7) is 2.53. The van der Waals surface area contributed by atoms with E-state index in [0.29, 0.717) is 5.41 Å². The van der Waals surface area contributed by atoms with Crippen molar-refractivity contribution in [2.75, 3.05) is 27.2 Å². The van der Waals surface area contributed by atoms with Gasteiger partial charge in [0.2, 0.25) is 0 Å². The Bertz CT molecular complexity index is 238. The average molecular weight is 266 g/mol. The standard InChI is InChI=1S/C17H34N2/c1-18-14-17(12-8-3-4-9-13-17)15-19(2)16-10-6-5-7-11-16/h16,18H,3-15H2,1-2H3. The molecule has 0 aromatic carbocycles. The molecule has 2 saturated carbocycles. The molecule has 2 fully saturated rings. The van der Waals surface area contributed by atoms with Crippen LogP contribution >= 0.6 is 0 Å². The molecule has 0 saturated heterocycles. The van der Waals surface area contributed by atoms with E-state index >= 15 is 0 Å². The third-order valence-corrected chi connectivity index (χ3v) is 5.50. The van der Waals surface area contributed by atoms with E-state index in [1.54, 1.807) is 0 Å². The molecule has 1 N–H and O–H groups in total. The Morgan fingerprint density at radius 3 is 2.11 bits per heavy atom. The molecule has 0 aliphatic heterocycles. The van der Waals surface area contributed by atoms with E-state index in [4.69, 9.17) is 0 Å². The zero-order valence-corrected chi connectivity index (χ0v) is 13.2. The maximum atomic E-state index is 3.49. The molecule has 2 nitrogen and oxygen atoms in total. The summed E-state index contributed by atoms with van der Waals surface area (Å²) in [6, 6.07) is 0.866. The quantitative estimate of drug-likeness (QED) is 0.761. The lowest BCUT2D eigenvalue weighted by molar-refractivity contribution is 0.0991. The summed E-state index contributed by atoms with van der Waals surface area (Å²) in [5, 5.41) is 3.49. The topological polar surface area (TPSA) is 15.3 Å². The van der Waals surface area contributed by atoms with Crippen molar-refractivity contribution in [3.63, 3.8) is 0 Å². The van der Waals surface area contributed by atoms with Gasteiger partial charge in [-0.15, -0.1) is 0 Å². The molecule has 112 valence electrons. The van der Waals surface area contributed by atoms with E-state index in [2.05, 4.69) is 24.3 Å². The summed E-state index contributed by atoms with van der Waals surface area (Å²) in [5.74, 6) is 0. The fraction of sp³-hybridized carbons (Fsp3) is 1.00. The van der Waals surface area contributed by atoms with Gasteiger partial charge in [-0.25, -0.2) is 0 Å². The molecule has 2 aliphatic carbocycles. The molecule has 2 heteroatoms. The van der Waals surface area contributed by atoms with E-state index in [0.717, 1.165) is 6.04 Å².